The van der Waals surface area contributed by atoms with Crippen LogP contribution < -0.4 is 32.4 Å². The summed E-state index contributed by atoms with van der Waals surface area (Å²) in [5, 5.41) is 39.3. The lowest BCUT2D eigenvalue weighted by Gasteiger charge is -2.39. The van der Waals surface area contributed by atoms with Gasteiger partial charge in [0, 0.05) is 161 Å². The van der Waals surface area contributed by atoms with E-state index in [4.69, 9.17) is 28.2 Å². The first-order chi connectivity index (χ1) is 55.2. The van der Waals surface area contributed by atoms with Gasteiger partial charge in [0.2, 0.25) is 17.7 Å². The van der Waals surface area contributed by atoms with E-state index in [0.717, 1.165) is 79.0 Å². The molecule has 10 aromatic rings. The van der Waals surface area contributed by atoms with Crippen LogP contribution >= 0.6 is 23.2 Å². The molecule has 4 saturated heterocycles. The Morgan fingerprint density at radius 1 is 0.535 bits per heavy atom. The molecule has 0 bridgehead atoms. The number of anilines is 2. The number of hydrogen-bond donors (Lipinski definition) is 6. The summed E-state index contributed by atoms with van der Waals surface area (Å²) in [5.74, 6) is -1.42. The Kier molecular flexibility index (Phi) is 25.9. The first-order valence-electron chi connectivity index (χ1n) is 39.8. The maximum Gasteiger partial charge on any atom is 0.261 e. The molecule has 5 aromatic heterocycles. The van der Waals surface area contributed by atoms with Gasteiger partial charge in [0.15, 0.2) is 0 Å². The number of benzene rings is 5. The second-order valence-electron chi connectivity index (χ2n) is 31.2. The van der Waals surface area contributed by atoms with Gasteiger partial charge in [0.25, 0.3) is 22.9 Å². The van der Waals surface area contributed by atoms with Crippen molar-refractivity contribution in [3.05, 3.63) is 218 Å². The van der Waals surface area contributed by atoms with Crippen molar-refractivity contribution < 1.29 is 34.2 Å². The van der Waals surface area contributed by atoms with Gasteiger partial charge in [-0.2, -0.15) is 0 Å². The Labute approximate surface area is 672 Å². The number of rotatable bonds is 30. The van der Waals surface area contributed by atoms with Crippen LogP contribution in [0.1, 0.15) is 102 Å². The highest BCUT2D eigenvalue weighted by Crippen LogP contribution is 2.34. The number of hydrogen-bond acceptors (Lipinski definition) is 18. The molecule has 594 valence electrons. The Morgan fingerprint density at radius 3 is 1.72 bits per heavy atom. The van der Waals surface area contributed by atoms with E-state index in [0.29, 0.717) is 130 Å². The SMILES string of the molecule is CN1CCN(CCC(=O)Nc2ccc3c(=O)n(CC4(O)CCN(C(=O)C(CCCNC(=O)c5ccc6c(Cl)cc(-c7cccnc7)nc6c5)Cc5cccc(-c6cccc(C[C@H](CCCNC(=O)c7ccc8c(Cl)ccnc8c7)C(=O)N7CCC(O)(Cn8cnc(NCCN9CCCC9)cc8=O)CC7)c6)c5)CC4)cnc3c2)CC1. The molecule has 1 unspecified atom stereocenters. The zero-order valence-electron chi connectivity index (χ0n) is 64.3. The first kappa shape index (κ1) is 80.2. The van der Waals surface area contributed by atoms with Crippen molar-refractivity contribution in [1.82, 2.24) is 69.2 Å². The summed E-state index contributed by atoms with van der Waals surface area (Å²) < 4.78 is 2.85. The third-order valence-corrected chi connectivity index (χ3v) is 23.6. The van der Waals surface area contributed by atoms with E-state index in [1.165, 1.54) is 40.7 Å². The Hall–Kier alpha value is -10.4. The molecule has 0 radical (unpaired) electrons. The molecule has 0 aliphatic carbocycles. The fourth-order valence-electron chi connectivity index (χ4n) is 16.1. The van der Waals surface area contributed by atoms with Gasteiger partial charge in [0.05, 0.1) is 74.6 Å². The number of nitrogens with zero attached hydrogens (tertiary/aromatic N) is 12. The van der Waals surface area contributed by atoms with E-state index >= 15 is 9.59 Å². The van der Waals surface area contributed by atoms with Crippen LogP contribution in [0.2, 0.25) is 10.0 Å². The van der Waals surface area contributed by atoms with Gasteiger partial charge in [-0.1, -0.05) is 83.9 Å². The Bertz CT molecular complexity index is 5250. The van der Waals surface area contributed by atoms with Crippen molar-refractivity contribution in [2.24, 2.45) is 11.8 Å². The number of carbonyl (C=O) groups is 5. The van der Waals surface area contributed by atoms with Gasteiger partial charge in [-0.15, -0.1) is 0 Å². The maximum absolute atomic E-state index is 15.2. The number of aromatic nitrogens is 7. The number of amides is 5. The van der Waals surface area contributed by atoms with E-state index in [-0.39, 0.29) is 112 Å². The second kappa shape index (κ2) is 36.8. The maximum atomic E-state index is 15.2. The van der Waals surface area contributed by atoms with Crippen LogP contribution in [0.3, 0.4) is 0 Å². The van der Waals surface area contributed by atoms with E-state index in [9.17, 15) is 34.2 Å². The summed E-state index contributed by atoms with van der Waals surface area (Å²) in [7, 11) is 2.09. The molecule has 0 saturated carbocycles. The number of halogens is 2. The lowest BCUT2D eigenvalue weighted by atomic mass is 9.87. The van der Waals surface area contributed by atoms with Crippen LogP contribution in [0.25, 0.3) is 55.1 Å². The number of piperidine rings is 2. The highest BCUT2D eigenvalue weighted by atomic mass is 35.5. The van der Waals surface area contributed by atoms with Crippen molar-refractivity contribution >= 4 is 97.0 Å². The summed E-state index contributed by atoms with van der Waals surface area (Å²) in [4.78, 5) is 131. The molecule has 6 N–H and O–H groups in total. The molecule has 14 rings (SSSR count). The smallest absolute Gasteiger partial charge is 0.261 e. The number of likely N-dealkylation sites (N-methyl/N-ethyl adjacent to an activating group) is 1. The number of aliphatic hydroxyl groups is 2. The molecule has 4 aliphatic heterocycles. The highest BCUT2D eigenvalue weighted by Gasteiger charge is 2.39. The number of piperazine rings is 1. The predicted octanol–water partition coefficient (Wildman–Crippen LogP) is 10.0. The standard InChI is InChI=1S/C87H98Cl2N16O9/c1-99-41-43-101(44-42-99)35-23-79(106)97-68-18-21-71-76(51-68)95-57-105(85(71)112)56-87(114)26-38-103(39-27-87)84(111)66(14-8-30-94-82(109)64-17-20-70-73(89)52-74(98-77(70)50-64)67-15-6-28-90-54-67)48-60-10-5-12-62(46-60)61-11-4-9-59(45-61)47-65(13-7-29-93-81(108)63-16-19-69-72(88)22-31-91-75(69)49-63)83(110)102-36-24-86(113,25-37-102)55-104-58-96-78(53-80(104)107)92-32-40-100-33-2-3-34-100/h4-6,9-12,15-22,28,31,45-46,49-54,57-58,65-66,92,113-114H,2-3,7-8,13-14,23-27,29-30,32-44,47-48,55-56H2,1H3,(H,93,108)(H,94,109)(H,97,106)/t65-,66?/m0/s1. The largest absolute Gasteiger partial charge is 0.388 e. The average Bonchev–Trinajstić information content (AvgIpc) is 0.820. The van der Waals surface area contributed by atoms with Crippen LogP contribution in [0.4, 0.5) is 11.5 Å². The van der Waals surface area contributed by atoms with Gasteiger partial charge >= 0.3 is 0 Å². The lowest BCUT2D eigenvalue weighted by Crippen LogP contribution is -2.51. The topological polar surface area (TPSA) is 299 Å². The van der Waals surface area contributed by atoms with E-state index < -0.39 is 23.0 Å². The van der Waals surface area contributed by atoms with Crippen LogP contribution in [-0.4, -0.2) is 215 Å². The minimum Gasteiger partial charge on any atom is -0.388 e. The molecular weight excluding hydrogens is 1480 g/mol. The summed E-state index contributed by atoms with van der Waals surface area (Å²) in [6.45, 7) is 9.68. The van der Waals surface area contributed by atoms with Gasteiger partial charge in [-0.05, 0) is 186 Å². The Balaban J connectivity index is 0.649. The third-order valence-electron chi connectivity index (χ3n) is 22.9. The summed E-state index contributed by atoms with van der Waals surface area (Å²) in [6.07, 6.45) is 14.1. The van der Waals surface area contributed by atoms with E-state index in [2.05, 4.69) is 75.1 Å². The molecule has 25 nitrogen and oxygen atoms in total. The number of pyridine rings is 3. The second-order valence-corrected chi connectivity index (χ2v) is 32.0. The minimum atomic E-state index is -1.33. The van der Waals surface area contributed by atoms with Crippen LogP contribution in [-0.2, 0) is 40.3 Å². The highest BCUT2D eigenvalue weighted by molar-refractivity contribution is 6.36. The fraction of sp³-hybridized carbons (Fsp3) is 0.402. The van der Waals surface area contributed by atoms with Gasteiger partial charge in [-0.25, -0.2) is 15.0 Å². The Morgan fingerprint density at radius 2 is 1.11 bits per heavy atom. The van der Waals surface area contributed by atoms with Crippen molar-refractivity contribution in [1.29, 1.82) is 0 Å². The quantitative estimate of drug-likeness (QED) is 0.0228. The molecule has 114 heavy (non-hydrogen) atoms. The fourth-order valence-corrected chi connectivity index (χ4v) is 16.6. The molecule has 27 heteroatoms. The number of nitrogens with one attached hydrogen (secondary N) is 4. The summed E-state index contributed by atoms with van der Waals surface area (Å²) in [6, 6.07) is 40.3. The van der Waals surface area contributed by atoms with Crippen molar-refractivity contribution in [3.63, 3.8) is 0 Å². The predicted molar refractivity (Wildman–Crippen MR) is 444 cm³/mol. The lowest BCUT2D eigenvalue weighted by molar-refractivity contribution is -0.141. The third kappa shape index (κ3) is 20.4. The molecule has 5 aromatic carbocycles. The molecular formula is C87H98Cl2N16O9. The number of likely N-dealkylation sites (tertiary alicyclic amines) is 3. The molecule has 0 spiro atoms. The number of carbonyl (C=O) groups excluding carboxylic acids is 5. The first-order valence-corrected chi connectivity index (χ1v) is 40.5. The zero-order chi connectivity index (χ0) is 79.3. The summed E-state index contributed by atoms with van der Waals surface area (Å²) in [5.41, 5.74) is 4.79. The van der Waals surface area contributed by atoms with Crippen molar-refractivity contribution in [2.75, 3.05) is 116 Å². The normalized spacial score (nSPS) is 16.6. The van der Waals surface area contributed by atoms with Gasteiger partial charge in [0.1, 0.15) is 5.82 Å². The van der Waals surface area contributed by atoms with Gasteiger partial charge < -0.3 is 56.0 Å². The van der Waals surface area contributed by atoms with E-state index in [1.54, 1.807) is 90.2 Å². The number of fused-ring (bicyclic) bond motifs is 3. The molecule has 4 fully saturated rings. The molecule has 2 atom stereocenters. The van der Waals surface area contributed by atoms with Crippen molar-refractivity contribution in [3.8, 4) is 22.4 Å². The minimum absolute atomic E-state index is 0.0363. The average molecular weight is 1580 g/mol. The van der Waals surface area contributed by atoms with Crippen LogP contribution in [0.5, 0.6) is 0 Å². The molecule has 5 amide bonds. The zero-order valence-corrected chi connectivity index (χ0v) is 65.8. The summed E-state index contributed by atoms with van der Waals surface area (Å²) >= 11 is 13.2. The monoisotopic (exact) mass is 1580 g/mol. The molecule has 4 aliphatic rings. The van der Waals surface area contributed by atoms with Crippen LogP contribution in [0, 0.1) is 11.8 Å². The van der Waals surface area contributed by atoms with Gasteiger partial charge in [-0.3, -0.25) is 52.7 Å². The van der Waals surface area contributed by atoms with Crippen molar-refractivity contribution in [2.45, 2.75) is 108 Å². The van der Waals surface area contributed by atoms with Crippen LogP contribution in [0.15, 0.2) is 174 Å². The van der Waals surface area contributed by atoms with E-state index in [1.807, 2.05) is 53.4 Å². The molecule has 9 heterocycles.